The van der Waals surface area contributed by atoms with Crippen molar-refractivity contribution in [2.75, 3.05) is 34.3 Å². The first-order chi connectivity index (χ1) is 9.46. The van der Waals surface area contributed by atoms with E-state index in [-0.39, 0.29) is 5.97 Å². The molecule has 0 aromatic rings. The fourth-order valence-corrected chi connectivity index (χ4v) is 3.91. The van der Waals surface area contributed by atoms with Crippen molar-refractivity contribution >= 4 is 5.97 Å². The normalized spacial score (nSPS) is 35.5. The highest BCUT2D eigenvalue weighted by Gasteiger charge is 2.43. The lowest BCUT2D eigenvalue weighted by Gasteiger charge is -2.42. The van der Waals surface area contributed by atoms with Gasteiger partial charge in [-0.3, -0.25) is 9.69 Å². The molecule has 0 spiro atoms. The summed E-state index contributed by atoms with van der Waals surface area (Å²) in [4.78, 5) is 16.8. The molecule has 1 aliphatic heterocycles. The Kier molecular flexibility index (Phi) is 5.04. The predicted molar refractivity (Wildman–Crippen MR) is 79.5 cm³/mol. The lowest BCUT2D eigenvalue weighted by molar-refractivity contribution is -0.149. The maximum atomic E-state index is 11.9. The fourth-order valence-electron chi connectivity index (χ4n) is 3.91. The largest absolute Gasteiger partial charge is 0.468 e. The molecular weight excluding hydrogens is 254 g/mol. The third-order valence-electron chi connectivity index (χ3n) is 4.82. The van der Waals surface area contributed by atoms with Crippen LogP contribution in [0.15, 0.2) is 0 Å². The van der Waals surface area contributed by atoms with Gasteiger partial charge in [-0.15, -0.1) is 0 Å². The van der Waals surface area contributed by atoms with Gasteiger partial charge in [0, 0.05) is 18.6 Å². The summed E-state index contributed by atoms with van der Waals surface area (Å²) in [6, 6.07) is 1.04. The number of hydrogen-bond donors (Lipinski definition) is 1. The van der Waals surface area contributed by atoms with Crippen molar-refractivity contribution in [3.8, 4) is 0 Å². The molecule has 20 heavy (non-hydrogen) atoms. The first kappa shape index (κ1) is 15.7. The number of hydrogen-bond acceptors (Lipinski definition) is 5. The van der Waals surface area contributed by atoms with Gasteiger partial charge in [-0.25, -0.2) is 0 Å². The molecule has 2 aliphatic rings. The van der Waals surface area contributed by atoms with Crippen molar-refractivity contribution < 1.29 is 9.53 Å². The summed E-state index contributed by atoms with van der Waals surface area (Å²) in [6.45, 7) is 2.23. The Morgan fingerprint density at radius 2 is 2.15 bits per heavy atom. The van der Waals surface area contributed by atoms with E-state index in [9.17, 15) is 4.79 Å². The summed E-state index contributed by atoms with van der Waals surface area (Å²) in [7, 11) is 5.68. The van der Waals surface area contributed by atoms with Crippen molar-refractivity contribution in [1.29, 1.82) is 0 Å². The van der Waals surface area contributed by atoms with Gasteiger partial charge >= 0.3 is 5.97 Å². The minimum atomic E-state index is -0.775. The molecule has 5 nitrogen and oxygen atoms in total. The first-order valence-electron chi connectivity index (χ1n) is 7.74. The van der Waals surface area contributed by atoms with E-state index in [1.165, 1.54) is 20.0 Å². The van der Waals surface area contributed by atoms with E-state index in [2.05, 4.69) is 23.9 Å². The highest BCUT2D eigenvalue weighted by atomic mass is 16.5. The van der Waals surface area contributed by atoms with Gasteiger partial charge in [0.15, 0.2) is 0 Å². The number of likely N-dealkylation sites (N-methyl/N-ethyl adjacent to an activating group) is 1. The molecule has 3 unspecified atom stereocenters. The monoisotopic (exact) mass is 283 g/mol. The second-order valence-electron chi connectivity index (χ2n) is 6.69. The first-order valence-corrected chi connectivity index (χ1v) is 7.74. The van der Waals surface area contributed by atoms with Crippen LogP contribution in [0.2, 0.25) is 0 Å². The van der Waals surface area contributed by atoms with Gasteiger partial charge in [0.2, 0.25) is 0 Å². The Balaban J connectivity index is 2.03. The average molecular weight is 283 g/mol. The maximum Gasteiger partial charge on any atom is 0.325 e. The van der Waals surface area contributed by atoms with Gasteiger partial charge in [-0.2, -0.15) is 0 Å². The molecule has 0 radical (unpaired) electrons. The van der Waals surface area contributed by atoms with E-state index in [1.54, 1.807) is 0 Å². The summed E-state index contributed by atoms with van der Waals surface area (Å²) in [5, 5.41) is 0. The van der Waals surface area contributed by atoms with E-state index in [4.69, 9.17) is 10.5 Å². The third kappa shape index (κ3) is 3.32. The number of carbonyl (C=O) groups excluding carboxylic acids is 1. The summed E-state index contributed by atoms with van der Waals surface area (Å²) in [5.41, 5.74) is 5.53. The zero-order chi connectivity index (χ0) is 14.8. The van der Waals surface area contributed by atoms with E-state index in [0.29, 0.717) is 12.1 Å². The summed E-state index contributed by atoms with van der Waals surface area (Å²) < 4.78 is 4.90. The van der Waals surface area contributed by atoms with Crippen LogP contribution in [-0.2, 0) is 9.53 Å². The molecule has 0 aromatic heterocycles. The van der Waals surface area contributed by atoms with Crippen LogP contribution in [0.4, 0.5) is 0 Å². The van der Waals surface area contributed by atoms with E-state index in [1.807, 2.05) is 0 Å². The average Bonchev–Trinajstić information content (AvgIpc) is 2.85. The molecular formula is C15H29N3O2. The van der Waals surface area contributed by atoms with Crippen molar-refractivity contribution in [3.05, 3.63) is 0 Å². The number of nitrogens with two attached hydrogens (primary N) is 1. The topological polar surface area (TPSA) is 58.8 Å². The molecule has 0 aromatic carbocycles. The molecule has 1 saturated carbocycles. The van der Waals surface area contributed by atoms with Crippen molar-refractivity contribution in [2.45, 2.75) is 56.1 Å². The Bertz CT molecular complexity index is 348. The second-order valence-corrected chi connectivity index (χ2v) is 6.69. The lowest BCUT2D eigenvalue weighted by atomic mass is 9.79. The van der Waals surface area contributed by atoms with Crippen LogP contribution < -0.4 is 5.73 Å². The van der Waals surface area contributed by atoms with Gasteiger partial charge in [0.05, 0.1) is 7.11 Å². The number of methoxy groups -OCH3 is 1. The molecule has 1 saturated heterocycles. The zero-order valence-electron chi connectivity index (χ0n) is 13.1. The molecule has 2 fully saturated rings. The molecule has 116 valence electrons. The van der Waals surface area contributed by atoms with Crippen LogP contribution in [-0.4, -0.2) is 67.7 Å². The second kappa shape index (κ2) is 6.41. The van der Waals surface area contributed by atoms with Gasteiger partial charge in [0.25, 0.3) is 0 Å². The summed E-state index contributed by atoms with van der Waals surface area (Å²) in [5.74, 6) is -0.245. The van der Waals surface area contributed by atoms with Crippen LogP contribution in [0.25, 0.3) is 0 Å². The maximum absolute atomic E-state index is 11.9. The standard InChI is InChI=1S/C15H29N3O2/c1-17(2)11-13-7-5-9-18(13)12-6-4-8-15(16,10-12)14(19)20-3/h12-13H,4-11,16H2,1-3H3. The van der Waals surface area contributed by atoms with Crippen LogP contribution in [0, 0.1) is 0 Å². The number of ether oxygens (including phenoxy) is 1. The van der Waals surface area contributed by atoms with Gasteiger partial charge < -0.3 is 15.4 Å². The molecule has 2 rings (SSSR count). The van der Waals surface area contributed by atoms with Gasteiger partial charge in [-0.05, 0) is 59.2 Å². The van der Waals surface area contributed by atoms with Crippen LogP contribution in [0.5, 0.6) is 0 Å². The van der Waals surface area contributed by atoms with Gasteiger partial charge in [0.1, 0.15) is 5.54 Å². The number of rotatable bonds is 4. The minimum Gasteiger partial charge on any atom is -0.468 e. The van der Waals surface area contributed by atoms with E-state index >= 15 is 0 Å². The molecule has 3 atom stereocenters. The van der Waals surface area contributed by atoms with Crippen LogP contribution >= 0.6 is 0 Å². The van der Waals surface area contributed by atoms with E-state index in [0.717, 1.165) is 38.8 Å². The Morgan fingerprint density at radius 1 is 1.40 bits per heavy atom. The number of likely N-dealkylation sites (tertiary alicyclic amines) is 1. The number of esters is 1. The van der Waals surface area contributed by atoms with Crippen molar-refractivity contribution in [2.24, 2.45) is 5.73 Å². The molecule has 0 bridgehead atoms. The fraction of sp³-hybridized carbons (Fsp3) is 0.933. The Morgan fingerprint density at radius 3 is 2.80 bits per heavy atom. The molecule has 5 heteroatoms. The number of nitrogens with zero attached hydrogens (tertiary/aromatic N) is 2. The SMILES string of the molecule is COC(=O)C1(N)CCCC(N2CCCC2CN(C)C)C1. The summed E-state index contributed by atoms with van der Waals surface area (Å²) in [6.07, 6.45) is 6.17. The molecule has 2 N–H and O–H groups in total. The number of carbonyl (C=O) groups is 1. The van der Waals surface area contributed by atoms with Crippen molar-refractivity contribution in [3.63, 3.8) is 0 Å². The van der Waals surface area contributed by atoms with Crippen molar-refractivity contribution in [1.82, 2.24) is 9.80 Å². The Hall–Kier alpha value is -0.650. The smallest absolute Gasteiger partial charge is 0.325 e. The zero-order valence-corrected chi connectivity index (χ0v) is 13.1. The van der Waals surface area contributed by atoms with Crippen LogP contribution in [0.1, 0.15) is 38.5 Å². The molecule has 0 amide bonds. The lowest BCUT2D eigenvalue weighted by Crippen LogP contribution is -2.57. The highest BCUT2D eigenvalue weighted by Crippen LogP contribution is 2.34. The Labute approximate surface area is 122 Å². The molecule has 1 aliphatic carbocycles. The minimum absolute atomic E-state index is 0.245. The summed E-state index contributed by atoms with van der Waals surface area (Å²) >= 11 is 0. The molecule has 1 heterocycles. The highest BCUT2D eigenvalue weighted by molar-refractivity contribution is 5.80. The van der Waals surface area contributed by atoms with Gasteiger partial charge in [-0.1, -0.05) is 0 Å². The quantitative estimate of drug-likeness (QED) is 0.774. The van der Waals surface area contributed by atoms with E-state index < -0.39 is 5.54 Å². The third-order valence-corrected chi connectivity index (χ3v) is 4.82. The predicted octanol–water partition coefficient (Wildman–Crippen LogP) is 0.826. The van der Waals surface area contributed by atoms with Crippen LogP contribution in [0.3, 0.4) is 0 Å².